The number of carbonyl (C=O) groups is 4. The lowest BCUT2D eigenvalue weighted by Gasteiger charge is -2.52. The van der Waals surface area contributed by atoms with Crippen LogP contribution in [0.15, 0.2) is 12.7 Å². The van der Waals surface area contributed by atoms with Gasteiger partial charge in [0.05, 0.1) is 11.4 Å². The van der Waals surface area contributed by atoms with Crippen molar-refractivity contribution in [3.05, 3.63) is 12.7 Å². The van der Waals surface area contributed by atoms with Crippen molar-refractivity contribution in [3.63, 3.8) is 0 Å². The van der Waals surface area contributed by atoms with Gasteiger partial charge in [0.25, 0.3) is 0 Å². The number of carboxylic acid groups (broad SMARTS) is 1. The number of rotatable bonds is 7. The zero-order chi connectivity index (χ0) is 19.0. The number of nitrogens with zero attached hydrogens (tertiary/aromatic N) is 1. The van der Waals surface area contributed by atoms with Gasteiger partial charge in [-0.05, 0) is 20.8 Å². The first kappa shape index (κ1) is 19.3. The second-order valence-electron chi connectivity index (χ2n) is 6.13. The van der Waals surface area contributed by atoms with E-state index in [0.29, 0.717) is 0 Å². The van der Waals surface area contributed by atoms with Crippen molar-refractivity contribution in [2.24, 2.45) is 0 Å². The normalized spacial score (nSPS) is 33.2. The van der Waals surface area contributed by atoms with Crippen molar-refractivity contribution in [2.75, 3.05) is 6.61 Å². The second kappa shape index (κ2) is 6.68. The summed E-state index contributed by atoms with van der Waals surface area (Å²) in [6.45, 7) is 8.44. The lowest BCUT2D eigenvalue weighted by Crippen LogP contribution is -2.81. The van der Waals surface area contributed by atoms with Crippen LogP contribution in [0.25, 0.3) is 0 Å². The topological polar surface area (TPSA) is 125 Å². The van der Waals surface area contributed by atoms with Gasteiger partial charge < -0.3 is 14.7 Å². The number of β-lactam (4-membered cyclic amide) rings is 1. The summed E-state index contributed by atoms with van der Waals surface area (Å²) < 4.78 is 3.82. The minimum Gasteiger partial charge on any atom is -0.480 e. The highest BCUT2D eigenvalue weighted by Gasteiger charge is 2.72. The number of Topliss-reactive ketones (excluding diaryl/α,β-unsaturated/α-hetero) is 1. The first-order chi connectivity index (χ1) is 11.6. The molecule has 138 valence electrons. The highest BCUT2D eigenvalue weighted by atomic mass is 32.2. The molecule has 0 aromatic rings. The van der Waals surface area contributed by atoms with Gasteiger partial charge >= 0.3 is 12.1 Å². The maximum absolute atomic E-state index is 12.8. The Balaban J connectivity index is 2.32. The molecule has 0 radical (unpaired) electrons. The van der Waals surface area contributed by atoms with Gasteiger partial charge in [0, 0.05) is 6.42 Å². The summed E-state index contributed by atoms with van der Waals surface area (Å²) >= 11 is 1.22. The molecule has 0 spiro atoms. The van der Waals surface area contributed by atoms with E-state index in [-0.39, 0.29) is 18.8 Å². The van der Waals surface area contributed by atoms with Crippen LogP contribution >= 0.6 is 11.8 Å². The predicted molar refractivity (Wildman–Crippen MR) is 89.6 cm³/mol. The SMILES string of the molecule is C=C[C@]1(C)S[C@H]2N(C(=O)C2(CC(C)=O)NNC(=O)OCC)[C@H]1C(=O)O. The molecule has 2 aliphatic heterocycles. The minimum absolute atomic E-state index is 0.140. The Labute approximate surface area is 149 Å². The average Bonchev–Trinajstić information content (AvgIpc) is 2.83. The Bertz CT molecular complexity index is 641. The Morgan fingerprint density at radius 2 is 2.12 bits per heavy atom. The highest BCUT2D eigenvalue weighted by molar-refractivity contribution is 8.02. The van der Waals surface area contributed by atoms with E-state index in [1.807, 2.05) is 0 Å². The van der Waals surface area contributed by atoms with Crippen LogP contribution in [-0.4, -0.2) is 62.1 Å². The number of nitrogens with one attached hydrogen (secondary N) is 2. The van der Waals surface area contributed by atoms with Crippen LogP contribution in [0.5, 0.6) is 0 Å². The number of carboxylic acids is 1. The number of fused-ring (bicyclic) bond motifs is 1. The number of carbonyl (C=O) groups excluding carboxylic acids is 3. The van der Waals surface area contributed by atoms with Crippen molar-refractivity contribution in [1.82, 2.24) is 15.8 Å². The Morgan fingerprint density at radius 3 is 2.60 bits per heavy atom. The summed E-state index contributed by atoms with van der Waals surface area (Å²) in [5.74, 6) is -1.98. The number of ether oxygens (including phenoxy) is 1. The van der Waals surface area contributed by atoms with E-state index in [9.17, 15) is 24.3 Å². The van der Waals surface area contributed by atoms with Crippen molar-refractivity contribution >= 4 is 35.5 Å². The molecule has 2 saturated heterocycles. The lowest BCUT2D eigenvalue weighted by molar-refractivity contribution is -0.169. The first-order valence-electron chi connectivity index (χ1n) is 7.69. The Morgan fingerprint density at radius 1 is 1.48 bits per heavy atom. The molecule has 1 unspecified atom stereocenters. The number of thioether (sulfide) groups is 1. The van der Waals surface area contributed by atoms with Crippen LogP contribution < -0.4 is 10.9 Å². The summed E-state index contributed by atoms with van der Waals surface area (Å²) in [6.07, 6.45) is 0.506. The van der Waals surface area contributed by atoms with E-state index < -0.39 is 39.7 Å². The van der Waals surface area contributed by atoms with Crippen molar-refractivity contribution in [1.29, 1.82) is 0 Å². The minimum atomic E-state index is -1.42. The van der Waals surface area contributed by atoms with Gasteiger partial charge in [0.15, 0.2) is 5.54 Å². The van der Waals surface area contributed by atoms with Gasteiger partial charge in [-0.15, -0.1) is 18.3 Å². The van der Waals surface area contributed by atoms with Gasteiger partial charge in [0.1, 0.15) is 17.2 Å². The van der Waals surface area contributed by atoms with Crippen molar-refractivity contribution in [2.45, 2.75) is 48.9 Å². The van der Waals surface area contributed by atoms with Crippen LogP contribution in [0.2, 0.25) is 0 Å². The molecule has 4 atom stereocenters. The number of amides is 2. The van der Waals surface area contributed by atoms with Gasteiger partial charge in [0.2, 0.25) is 5.91 Å². The molecule has 2 rings (SSSR count). The van der Waals surface area contributed by atoms with Crippen molar-refractivity contribution < 1.29 is 29.0 Å². The van der Waals surface area contributed by atoms with Crippen LogP contribution in [0.1, 0.15) is 27.2 Å². The molecule has 25 heavy (non-hydrogen) atoms. The molecule has 0 aromatic carbocycles. The summed E-state index contributed by atoms with van der Waals surface area (Å²) in [5, 5.41) is 8.88. The Hall–Kier alpha value is -2.07. The molecule has 9 nitrogen and oxygen atoms in total. The standard InChI is InChI=1S/C15H21N3O6S/c1-5-14(4)9(10(20)21)18-11(22)15(7-8(3)19,12(18)25-14)17-16-13(23)24-6-2/h5,9,12,17H,1,6-7H2,2-4H3,(H,16,23)(H,20,21)/t9-,12+,14-,15?/m0/s1. The molecular formula is C15H21N3O6S. The van der Waals surface area contributed by atoms with Gasteiger partial charge in [-0.25, -0.2) is 15.0 Å². The van der Waals surface area contributed by atoms with Gasteiger partial charge in [-0.1, -0.05) is 6.08 Å². The third-order valence-electron chi connectivity index (χ3n) is 4.31. The smallest absolute Gasteiger partial charge is 0.421 e. The molecule has 0 aromatic heterocycles. The molecule has 2 aliphatic rings. The van der Waals surface area contributed by atoms with Gasteiger partial charge in [-0.3, -0.25) is 15.0 Å². The van der Waals surface area contributed by atoms with E-state index in [4.69, 9.17) is 4.74 Å². The first-order valence-corrected chi connectivity index (χ1v) is 8.57. The summed E-state index contributed by atoms with van der Waals surface area (Å²) in [6, 6.07) is -1.10. The largest absolute Gasteiger partial charge is 0.480 e. The number of aliphatic carboxylic acids is 1. The van der Waals surface area contributed by atoms with Crippen LogP contribution in [-0.2, 0) is 19.1 Å². The van der Waals surface area contributed by atoms with E-state index in [0.717, 1.165) is 0 Å². The quantitative estimate of drug-likeness (QED) is 0.331. The summed E-state index contributed by atoms with van der Waals surface area (Å²) in [4.78, 5) is 48.9. The monoisotopic (exact) mass is 371 g/mol. The lowest BCUT2D eigenvalue weighted by atomic mass is 9.81. The number of hydrazine groups is 1. The maximum atomic E-state index is 12.8. The molecular weight excluding hydrogens is 350 g/mol. The van der Waals surface area contributed by atoms with Crippen molar-refractivity contribution in [3.8, 4) is 0 Å². The zero-order valence-corrected chi connectivity index (χ0v) is 15.0. The molecule has 2 amide bonds. The third-order valence-corrected chi connectivity index (χ3v) is 6.06. The van der Waals surface area contributed by atoms with Crippen LogP contribution in [0, 0.1) is 0 Å². The van der Waals surface area contributed by atoms with Crippen LogP contribution in [0.3, 0.4) is 0 Å². The molecule has 0 bridgehead atoms. The van der Waals surface area contributed by atoms with E-state index in [1.165, 1.54) is 29.7 Å². The molecule has 2 fully saturated rings. The number of hydrogen-bond donors (Lipinski definition) is 3. The molecule has 10 heteroatoms. The molecule has 2 heterocycles. The fourth-order valence-corrected chi connectivity index (χ4v) is 4.87. The fraction of sp³-hybridized carbons (Fsp3) is 0.600. The number of hydrogen-bond acceptors (Lipinski definition) is 7. The fourth-order valence-electron chi connectivity index (χ4n) is 3.17. The third kappa shape index (κ3) is 2.99. The zero-order valence-electron chi connectivity index (χ0n) is 14.2. The summed E-state index contributed by atoms with van der Waals surface area (Å²) in [5.41, 5.74) is 3.45. The van der Waals surface area contributed by atoms with E-state index in [1.54, 1.807) is 13.8 Å². The predicted octanol–water partition coefficient (Wildman–Crippen LogP) is 0.268. The Kier molecular flexibility index (Phi) is 5.14. The molecule has 0 saturated carbocycles. The molecule has 0 aliphatic carbocycles. The average molecular weight is 371 g/mol. The van der Waals surface area contributed by atoms with Gasteiger partial charge in [-0.2, -0.15) is 0 Å². The maximum Gasteiger partial charge on any atom is 0.421 e. The van der Waals surface area contributed by atoms with Crippen LogP contribution in [0.4, 0.5) is 4.79 Å². The number of ketones is 1. The highest BCUT2D eigenvalue weighted by Crippen LogP contribution is 2.56. The second-order valence-corrected chi connectivity index (χ2v) is 7.69. The van der Waals surface area contributed by atoms with E-state index in [2.05, 4.69) is 17.4 Å². The molecule has 3 N–H and O–H groups in total. The van der Waals surface area contributed by atoms with E-state index >= 15 is 0 Å². The summed E-state index contributed by atoms with van der Waals surface area (Å²) in [7, 11) is 0.